The molecule has 24 heavy (non-hydrogen) atoms. The highest BCUT2D eigenvalue weighted by atomic mass is 32.1. The number of anilines is 1. The van der Waals surface area contributed by atoms with Crippen LogP contribution in [0.25, 0.3) is 0 Å². The molecular formula is C17H16N2O4S. The Labute approximate surface area is 142 Å². The van der Waals surface area contributed by atoms with Crippen molar-refractivity contribution in [3.8, 4) is 0 Å². The molecule has 0 aliphatic carbocycles. The van der Waals surface area contributed by atoms with Gasteiger partial charge in [-0.15, -0.1) is 11.3 Å². The highest BCUT2D eigenvalue weighted by molar-refractivity contribution is 7.18. The molecule has 0 saturated carbocycles. The van der Waals surface area contributed by atoms with Crippen LogP contribution in [0.1, 0.15) is 31.7 Å². The second-order valence-corrected chi connectivity index (χ2v) is 6.35. The third-order valence-corrected chi connectivity index (χ3v) is 4.32. The average molecular weight is 344 g/mol. The Morgan fingerprint density at radius 1 is 1.21 bits per heavy atom. The van der Waals surface area contributed by atoms with Gasteiger partial charge in [0.15, 0.2) is 5.76 Å². The van der Waals surface area contributed by atoms with Crippen LogP contribution in [-0.2, 0) is 6.54 Å². The first-order valence-electron chi connectivity index (χ1n) is 7.28. The van der Waals surface area contributed by atoms with E-state index in [1.165, 1.54) is 17.6 Å². The lowest BCUT2D eigenvalue weighted by molar-refractivity contribution is 0.0779. The van der Waals surface area contributed by atoms with Crippen molar-refractivity contribution in [2.45, 2.75) is 13.5 Å². The summed E-state index contributed by atoms with van der Waals surface area (Å²) < 4.78 is 10.5. The normalized spacial score (nSPS) is 10.6. The summed E-state index contributed by atoms with van der Waals surface area (Å²) >= 11 is 1.22. The molecule has 0 fully saturated rings. The number of thiophene rings is 1. The van der Waals surface area contributed by atoms with Crippen LogP contribution in [0.15, 0.2) is 51.5 Å². The molecule has 0 spiro atoms. The molecule has 0 radical (unpaired) electrons. The summed E-state index contributed by atoms with van der Waals surface area (Å²) in [5.41, 5.74) is 0. The van der Waals surface area contributed by atoms with Crippen molar-refractivity contribution in [1.29, 1.82) is 0 Å². The van der Waals surface area contributed by atoms with E-state index in [2.05, 4.69) is 5.32 Å². The van der Waals surface area contributed by atoms with Crippen LogP contribution in [0.2, 0.25) is 0 Å². The fourth-order valence-electron chi connectivity index (χ4n) is 2.17. The molecular weight excluding hydrogens is 328 g/mol. The number of hydrogen-bond acceptors (Lipinski definition) is 5. The van der Waals surface area contributed by atoms with Crippen LogP contribution in [0.5, 0.6) is 0 Å². The predicted molar refractivity (Wildman–Crippen MR) is 90.2 cm³/mol. The van der Waals surface area contributed by atoms with Crippen molar-refractivity contribution >= 4 is 28.2 Å². The van der Waals surface area contributed by atoms with Gasteiger partial charge in [0.2, 0.25) is 0 Å². The number of nitrogens with zero attached hydrogens (tertiary/aromatic N) is 1. The number of carbonyl (C=O) groups is 2. The third-order valence-electron chi connectivity index (χ3n) is 3.33. The van der Waals surface area contributed by atoms with Gasteiger partial charge < -0.3 is 19.1 Å². The zero-order valence-corrected chi connectivity index (χ0v) is 14.1. The van der Waals surface area contributed by atoms with Crippen LogP contribution < -0.4 is 5.32 Å². The van der Waals surface area contributed by atoms with Crippen LogP contribution in [-0.4, -0.2) is 23.8 Å². The van der Waals surface area contributed by atoms with E-state index in [-0.39, 0.29) is 17.6 Å². The van der Waals surface area contributed by atoms with Gasteiger partial charge in [-0.2, -0.15) is 0 Å². The van der Waals surface area contributed by atoms with E-state index >= 15 is 0 Å². The van der Waals surface area contributed by atoms with Crippen molar-refractivity contribution in [3.05, 3.63) is 64.8 Å². The Bertz CT molecular complexity index is 848. The lowest BCUT2D eigenvalue weighted by atomic mass is 10.3. The molecule has 0 aliphatic rings. The molecule has 0 atom stereocenters. The molecule has 3 heterocycles. The van der Waals surface area contributed by atoms with Crippen molar-refractivity contribution in [3.63, 3.8) is 0 Å². The first-order valence-corrected chi connectivity index (χ1v) is 8.10. The quantitative estimate of drug-likeness (QED) is 0.764. The molecule has 7 heteroatoms. The maximum Gasteiger partial charge on any atom is 0.291 e. The molecule has 6 nitrogen and oxygen atoms in total. The lowest BCUT2D eigenvalue weighted by Crippen LogP contribution is -2.25. The molecule has 3 aromatic rings. The Morgan fingerprint density at radius 2 is 2.04 bits per heavy atom. The topological polar surface area (TPSA) is 75.7 Å². The minimum absolute atomic E-state index is 0.132. The van der Waals surface area contributed by atoms with E-state index in [0.29, 0.717) is 16.4 Å². The number of amides is 2. The number of nitrogens with one attached hydrogen (secondary N) is 1. The van der Waals surface area contributed by atoms with Crippen LogP contribution in [0.4, 0.5) is 5.00 Å². The first kappa shape index (κ1) is 16.1. The minimum Gasteiger partial charge on any atom is -0.464 e. The summed E-state index contributed by atoms with van der Waals surface area (Å²) in [6.45, 7) is 2.25. The molecule has 0 saturated heterocycles. The van der Waals surface area contributed by atoms with Crippen molar-refractivity contribution < 1.29 is 18.4 Å². The summed E-state index contributed by atoms with van der Waals surface area (Å²) in [6, 6.07) is 10.3. The van der Waals surface area contributed by atoms with Gasteiger partial charge in [0.1, 0.15) is 11.5 Å². The molecule has 3 aromatic heterocycles. The fourth-order valence-corrected chi connectivity index (χ4v) is 3.06. The minimum atomic E-state index is -0.347. The standard InChI is InChI=1S/C17H16N2O4S/c1-11-5-6-12(23-11)10-19(2)17(21)14-7-8-15(24-14)18-16(20)13-4-3-9-22-13/h3-9H,10H2,1-2H3,(H,18,20). The van der Waals surface area contributed by atoms with Crippen molar-refractivity contribution in [2.24, 2.45) is 0 Å². The molecule has 0 bridgehead atoms. The maximum absolute atomic E-state index is 12.4. The zero-order chi connectivity index (χ0) is 17.1. The van der Waals surface area contributed by atoms with Crippen LogP contribution in [0.3, 0.4) is 0 Å². The van der Waals surface area contributed by atoms with E-state index < -0.39 is 0 Å². The summed E-state index contributed by atoms with van der Waals surface area (Å²) in [7, 11) is 1.71. The second-order valence-electron chi connectivity index (χ2n) is 5.27. The first-order chi connectivity index (χ1) is 11.5. The second kappa shape index (κ2) is 6.76. The van der Waals surface area contributed by atoms with Gasteiger partial charge in [-0.05, 0) is 43.3 Å². The molecule has 0 unspecified atom stereocenters. The summed E-state index contributed by atoms with van der Waals surface area (Å²) in [6.07, 6.45) is 1.43. The highest BCUT2D eigenvalue weighted by Crippen LogP contribution is 2.24. The summed E-state index contributed by atoms with van der Waals surface area (Å²) in [4.78, 5) is 26.5. The van der Waals surface area contributed by atoms with Gasteiger partial charge in [-0.25, -0.2) is 0 Å². The molecule has 0 aliphatic heterocycles. The third kappa shape index (κ3) is 3.57. The Hall–Kier alpha value is -2.80. The Kier molecular flexibility index (Phi) is 4.52. The van der Waals surface area contributed by atoms with Gasteiger partial charge in [0.25, 0.3) is 11.8 Å². The van der Waals surface area contributed by atoms with Gasteiger partial charge in [-0.1, -0.05) is 0 Å². The molecule has 1 N–H and O–H groups in total. The molecule has 3 rings (SSSR count). The number of furan rings is 2. The van der Waals surface area contributed by atoms with Crippen molar-refractivity contribution in [2.75, 3.05) is 12.4 Å². The highest BCUT2D eigenvalue weighted by Gasteiger charge is 2.17. The van der Waals surface area contributed by atoms with Gasteiger partial charge in [0.05, 0.1) is 22.7 Å². The number of carbonyl (C=O) groups excluding carboxylic acids is 2. The van der Waals surface area contributed by atoms with Gasteiger partial charge in [-0.3, -0.25) is 9.59 Å². The van der Waals surface area contributed by atoms with E-state index in [9.17, 15) is 9.59 Å². The van der Waals surface area contributed by atoms with Crippen LogP contribution >= 0.6 is 11.3 Å². The number of aryl methyl sites for hydroxylation is 1. The maximum atomic E-state index is 12.4. The van der Waals surface area contributed by atoms with E-state index in [4.69, 9.17) is 8.83 Å². The molecule has 2 amide bonds. The van der Waals surface area contributed by atoms with Gasteiger partial charge in [0, 0.05) is 7.05 Å². The van der Waals surface area contributed by atoms with Crippen LogP contribution in [0, 0.1) is 6.92 Å². The largest absolute Gasteiger partial charge is 0.464 e. The fraction of sp³-hybridized carbons (Fsp3) is 0.176. The Balaban J connectivity index is 1.63. The Morgan fingerprint density at radius 3 is 2.71 bits per heavy atom. The number of hydrogen-bond donors (Lipinski definition) is 1. The van der Waals surface area contributed by atoms with Crippen molar-refractivity contribution in [1.82, 2.24) is 4.90 Å². The van der Waals surface area contributed by atoms with E-state index in [1.807, 2.05) is 19.1 Å². The van der Waals surface area contributed by atoms with E-state index in [1.54, 1.807) is 36.2 Å². The summed E-state index contributed by atoms with van der Waals surface area (Å²) in [5, 5.41) is 3.29. The SMILES string of the molecule is Cc1ccc(CN(C)C(=O)c2ccc(NC(=O)c3ccco3)s2)o1. The smallest absolute Gasteiger partial charge is 0.291 e. The zero-order valence-electron chi connectivity index (χ0n) is 13.2. The predicted octanol–water partition coefficient (Wildman–Crippen LogP) is 3.77. The average Bonchev–Trinajstić information content (AvgIpc) is 3.28. The number of rotatable bonds is 5. The molecule has 124 valence electrons. The lowest BCUT2D eigenvalue weighted by Gasteiger charge is -2.14. The summed E-state index contributed by atoms with van der Waals surface area (Å²) in [5.74, 6) is 1.28. The van der Waals surface area contributed by atoms with Gasteiger partial charge >= 0.3 is 0 Å². The van der Waals surface area contributed by atoms with E-state index in [0.717, 1.165) is 11.5 Å². The molecule has 0 aromatic carbocycles. The monoisotopic (exact) mass is 344 g/mol.